The monoisotopic (exact) mass is 765 g/mol. The third kappa shape index (κ3) is 40.1. The molecule has 0 rings (SSSR count). The standard InChI is InChI=1S/C48H92O6/c1-6-8-9-10-11-12-13-17-23-28-33-38-46(49)52-41-45(42-53-47(50)39-34-29-24-20-19-21-26-31-36-43(3)4)54-48(51)40-35-30-25-18-15-14-16-22-27-32-37-44(5)7-2/h43-45H,6-42H2,1-5H3/t44?,45-/m0/s1. The van der Waals surface area contributed by atoms with Gasteiger partial charge in [-0.3, -0.25) is 14.4 Å². The lowest BCUT2D eigenvalue weighted by Crippen LogP contribution is -2.30. The van der Waals surface area contributed by atoms with Gasteiger partial charge < -0.3 is 14.2 Å². The molecular formula is C48H92O6. The Morgan fingerprint density at radius 1 is 0.389 bits per heavy atom. The van der Waals surface area contributed by atoms with E-state index in [4.69, 9.17) is 14.2 Å². The second-order valence-electron chi connectivity index (χ2n) is 17.1. The fourth-order valence-electron chi connectivity index (χ4n) is 7.07. The first-order valence-corrected chi connectivity index (χ1v) is 23.8. The molecule has 0 aromatic rings. The first-order chi connectivity index (χ1) is 26.3. The maximum atomic E-state index is 12.7. The molecular weight excluding hydrogens is 673 g/mol. The predicted molar refractivity (Wildman–Crippen MR) is 229 cm³/mol. The van der Waals surface area contributed by atoms with Crippen molar-refractivity contribution in [1.29, 1.82) is 0 Å². The van der Waals surface area contributed by atoms with Gasteiger partial charge in [-0.15, -0.1) is 0 Å². The lowest BCUT2D eigenvalue weighted by atomic mass is 9.99. The molecule has 0 bridgehead atoms. The number of carbonyl (C=O) groups excluding carboxylic acids is 3. The number of hydrogen-bond donors (Lipinski definition) is 0. The number of unbranched alkanes of at least 4 members (excludes halogenated alkanes) is 26. The summed E-state index contributed by atoms with van der Waals surface area (Å²) in [6.45, 7) is 11.3. The fraction of sp³-hybridized carbons (Fsp3) is 0.938. The number of rotatable bonds is 42. The van der Waals surface area contributed by atoms with Gasteiger partial charge in [0.2, 0.25) is 0 Å². The van der Waals surface area contributed by atoms with E-state index in [2.05, 4.69) is 34.6 Å². The van der Waals surface area contributed by atoms with Crippen molar-refractivity contribution in [2.24, 2.45) is 11.8 Å². The smallest absolute Gasteiger partial charge is 0.306 e. The summed E-state index contributed by atoms with van der Waals surface area (Å²) in [5.74, 6) is 0.807. The van der Waals surface area contributed by atoms with Crippen molar-refractivity contribution >= 4 is 17.9 Å². The van der Waals surface area contributed by atoms with Crippen LogP contribution < -0.4 is 0 Å². The quantitative estimate of drug-likeness (QED) is 0.0350. The molecule has 0 radical (unpaired) electrons. The number of ether oxygens (including phenoxy) is 3. The van der Waals surface area contributed by atoms with Gasteiger partial charge in [0, 0.05) is 19.3 Å². The molecule has 0 spiro atoms. The molecule has 0 amide bonds. The van der Waals surface area contributed by atoms with Crippen LogP contribution in [-0.4, -0.2) is 37.2 Å². The zero-order valence-electron chi connectivity index (χ0n) is 36.8. The van der Waals surface area contributed by atoms with Crippen molar-refractivity contribution in [3.8, 4) is 0 Å². The second-order valence-corrected chi connectivity index (χ2v) is 17.1. The molecule has 0 fully saturated rings. The summed E-state index contributed by atoms with van der Waals surface area (Å²) in [6, 6.07) is 0. The van der Waals surface area contributed by atoms with E-state index in [1.54, 1.807) is 0 Å². The van der Waals surface area contributed by atoms with Gasteiger partial charge in [-0.05, 0) is 31.1 Å². The zero-order chi connectivity index (χ0) is 39.7. The molecule has 0 N–H and O–H groups in total. The third-order valence-corrected chi connectivity index (χ3v) is 11.1. The summed E-state index contributed by atoms with van der Waals surface area (Å²) in [5.41, 5.74) is 0. The molecule has 0 aliphatic carbocycles. The summed E-state index contributed by atoms with van der Waals surface area (Å²) in [4.78, 5) is 37.8. The first-order valence-electron chi connectivity index (χ1n) is 23.8. The van der Waals surface area contributed by atoms with Crippen LogP contribution in [0.2, 0.25) is 0 Å². The van der Waals surface area contributed by atoms with Gasteiger partial charge in [0.1, 0.15) is 13.2 Å². The summed E-state index contributed by atoms with van der Waals surface area (Å²) >= 11 is 0. The molecule has 320 valence electrons. The average Bonchev–Trinajstić information content (AvgIpc) is 3.15. The van der Waals surface area contributed by atoms with Crippen LogP contribution in [-0.2, 0) is 28.6 Å². The first kappa shape index (κ1) is 52.4. The second kappa shape index (κ2) is 41.1. The minimum absolute atomic E-state index is 0.0648. The van der Waals surface area contributed by atoms with Crippen LogP contribution in [0.1, 0.15) is 259 Å². The summed E-state index contributed by atoms with van der Waals surface area (Å²) in [5, 5.41) is 0. The Morgan fingerprint density at radius 3 is 1.06 bits per heavy atom. The Kier molecular flexibility index (Phi) is 39.8. The van der Waals surface area contributed by atoms with Crippen molar-refractivity contribution < 1.29 is 28.6 Å². The molecule has 0 aromatic carbocycles. The van der Waals surface area contributed by atoms with Gasteiger partial charge in [0.15, 0.2) is 6.10 Å². The highest BCUT2D eigenvalue weighted by Gasteiger charge is 2.19. The van der Waals surface area contributed by atoms with Gasteiger partial charge >= 0.3 is 17.9 Å². The van der Waals surface area contributed by atoms with Crippen LogP contribution in [0.5, 0.6) is 0 Å². The molecule has 6 heteroatoms. The average molecular weight is 765 g/mol. The highest BCUT2D eigenvalue weighted by molar-refractivity contribution is 5.71. The van der Waals surface area contributed by atoms with Crippen molar-refractivity contribution in [3.63, 3.8) is 0 Å². The predicted octanol–water partition coefficient (Wildman–Crippen LogP) is 15.0. The van der Waals surface area contributed by atoms with Gasteiger partial charge in [0.05, 0.1) is 0 Å². The Morgan fingerprint density at radius 2 is 0.704 bits per heavy atom. The van der Waals surface area contributed by atoms with E-state index in [-0.39, 0.29) is 31.1 Å². The van der Waals surface area contributed by atoms with E-state index in [1.165, 1.54) is 148 Å². The van der Waals surface area contributed by atoms with Crippen LogP contribution in [0, 0.1) is 11.8 Å². The van der Waals surface area contributed by atoms with Gasteiger partial charge in [-0.1, -0.05) is 221 Å². The zero-order valence-corrected chi connectivity index (χ0v) is 36.8. The maximum Gasteiger partial charge on any atom is 0.306 e. The van der Waals surface area contributed by atoms with Crippen LogP contribution in [0.25, 0.3) is 0 Å². The number of hydrogen-bond acceptors (Lipinski definition) is 6. The van der Waals surface area contributed by atoms with Crippen molar-refractivity contribution in [2.75, 3.05) is 13.2 Å². The summed E-state index contributed by atoms with van der Waals surface area (Å²) in [7, 11) is 0. The third-order valence-electron chi connectivity index (χ3n) is 11.1. The molecule has 6 nitrogen and oxygen atoms in total. The Hall–Kier alpha value is -1.59. The minimum Gasteiger partial charge on any atom is -0.462 e. The molecule has 0 aliphatic rings. The highest BCUT2D eigenvalue weighted by atomic mass is 16.6. The minimum atomic E-state index is -0.761. The molecule has 2 atom stereocenters. The molecule has 0 aromatic heterocycles. The van der Waals surface area contributed by atoms with E-state index in [9.17, 15) is 14.4 Å². The maximum absolute atomic E-state index is 12.7. The topological polar surface area (TPSA) is 78.9 Å². The number of carbonyl (C=O) groups is 3. The van der Waals surface area contributed by atoms with E-state index < -0.39 is 6.10 Å². The van der Waals surface area contributed by atoms with Crippen molar-refractivity contribution in [1.82, 2.24) is 0 Å². The molecule has 1 unspecified atom stereocenters. The van der Waals surface area contributed by atoms with Crippen molar-refractivity contribution in [3.05, 3.63) is 0 Å². The summed E-state index contributed by atoms with van der Waals surface area (Å²) < 4.78 is 16.7. The lowest BCUT2D eigenvalue weighted by Gasteiger charge is -2.18. The van der Waals surface area contributed by atoms with Gasteiger partial charge in [-0.2, -0.15) is 0 Å². The van der Waals surface area contributed by atoms with Crippen LogP contribution in [0.15, 0.2) is 0 Å². The normalized spacial score (nSPS) is 12.6. The fourth-order valence-corrected chi connectivity index (χ4v) is 7.07. The van der Waals surface area contributed by atoms with Crippen LogP contribution in [0.4, 0.5) is 0 Å². The SMILES string of the molecule is CCCCCCCCCCCCCC(=O)OC[C@@H](COC(=O)CCCCCCCCCCC(C)C)OC(=O)CCCCCCCCCCCCC(C)CC. The summed E-state index contributed by atoms with van der Waals surface area (Å²) in [6.07, 6.45) is 39.4. The molecule has 0 aliphatic heterocycles. The highest BCUT2D eigenvalue weighted by Crippen LogP contribution is 2.17. The number of esters is 3. The van der Waals surface area contributed by atoms with E-state index >= 15 is 0 Å². The molecule has 0 saturated heterocycles. The van der Waals surface area contributed by atoms with Crippen LogP contribution in [0.3, 0.4) is 0 Å². The van der Waals surface area contributed by atoms with E-state index in [0.717, 1.165) is 69.6 Å². The van der Waals surface area contributed by atoms with E-state index in [0.29, 0.717) is 19.3 Å². The van der Waals surface area contributed by atoms with Crippen LogP contribution >= 0.6 is 0 Å². The van der Waals surface area contributed by atoms with E-state index in [1.807, 2.05) is 0 Å². The molecule has 0 heterocycles. The van der Waals surface area contributed by atoms with Gasteiger partial charge in [-0.25, -0.2) is 0 Å². The van der Waals surface area contributed by atoms with Gasteiger partial charge in [0.25, 0.3) is 0 Å². The Balaban J connectivity index is 4.34. The Bertz CT molecular complexity index is 826. The lowest BCUT2D eigenvalue weighted by molar-refractivity contribution is -0.167. The molecule has 54 heavy (non-hydrogen) atoms. The molecule has 0 saturated carbocycles. The largest absolute Gasteiger partial charge is 0.462 e. The Labute approximate surface area is 336 Å². The van der Waals surface area contributed by atoms with Crippen molar-refractivity contribution in [2.45, 2.75) is 265 Å².